The van der Waals surface area contributed by atoms with Crippen molar-refractivity contribution >= 4 is 16.8 Å². The van der Waals surface area contributed by atoms with Crippen molar-refractivity contribution in [2.75, 3.05) is 0 Å². The highest BCUT2D eigenvalue weighted by Crippen LogP contribution is 2.24. The predicted octanol–water partition coefficient (Wildman–Crippen LogP) is 2.16. The Bertz CT molecular complexity index is 872. The van der Waals surface area contributed by atoms with Gasteiger partial charge in [-0.2, -0.15) is 5.21 Å². The number of carbonyl (C=O) groups excluding carboxylic acids is 1. The molecule has 1 aromatic carbocycles. The molecule has 2 N–H and O–H groups in total. The summed E-state index contributed by atoms with van der Waals surface area (Å²) in [4.78, 5) is 17.3. The molecule has 0 bridgehead atoms. The monoisotopic (exact) mass is 310 g/mol. The smallest absolute Gasteiger partial charge is 0.252 e. The van der Waals surface area contributed by atoms with E-state index in [0.717, 1.165) is 27.7 Å². The number of carbonyl (C=O) groups is 1. The lowest BCUT2D eigenvalue weighted by Crippen LogP contribution is -2.27. The summed E-state index contributed by atoms with van der Waals surface area (Å²) < 4.78 is 0. The summed E-state index contributed by atoms with van der Waals surface area (Å²) in [5, 5.41) is 17.4. The number of amides is 1. The second-order valence-electron chi connectivity index (χ2n) is 5.75. The Morgan fingerprint density at radius 2 is 2.00 bits per heavy atom. The maximum absolute atomic E-state index is 12.7. The van der Waals surface area contributed by atoms with Crippen LogP contribution in [-0.2, 0) is 0 Å². The van der Waals surface area contributed by atoms with Crippen molar-refractivity contribution in [1.29, 1.82) is 0 Å². The average molecular weight is 310 g/mol. The number of hydrogen-bond donors (Lipinski definition) is 2. The normalized spacial score (nSPS) is 12.3. The molecule has 3 rings (SSSR count). The van der Waals surface area contributed by atoms with Crippen LogP contribution in [0.2, 0.25) is 0 Å². The number of hydrogen-bond acceptors (Lipinski definition) is 5. The highest BCUT2D eigenvalue weighted by Gasteiger charge is 2.18. The van der Waals surface area contributed by atoms with E-state index in [1.807, 2.05) is 33.8 Å². The number of rotatable bonds is 3. The van der Waals surface area contributed by atoms with Crippen molar-refractivity contribution < 1.29 is 4.79 Å². The number of aromatic amines is 1. The molecule has 0 saturated heterocycles. The van der Waals surface area contributed by atoms with E-state index >= 15 is 0 Å². The van der Waals surface area contributed by atoms with Crippen LogP contribution in [0.25, 0.3) is 10.9 Å². The minimum atomic E-state index is -0.337. The Balaban J connectivity index is 2.03. The maximum atomic E-state index is 12.7. The van der Waals surface area contributed by atoms with Gasteiger partial charge >= 0.3 is 0 Å². The van der Waals surface area contributed by atoms with Crippen LogP contribution in [-0.4, -0.2) is 31.5 Å². The molecule has 23 heavy (non-hydrogen) atoms. The van der Waals surface area contributed by atoms with Crippen molar-refractivity contribution in [2.45, 2.75) is 33.7 Å². The number of pyridine rings is 1. The first-order valence-electron chi connectivity index (χ1n) is 7.38. The molecule has 0 fully saturated rings. The molecular weight excluding hydrogens is 292 g/mol. The van der Waals surface area contributed by atoms with Crippen molar-refractivity contribution in [1.82, 2.24) is 30.9 Å². The van der Waals surface area contributed by atoms with E-state index < -0.39 is 0 Å². The Kier molecular flexibility index (Phi) is 3.77. The number of fused-ring (bicyclic) bond motifs is 1. The lowest BCUT2D eigenvalue weighted by Gasteiger charge is -2.13. The molecule has 0 aliphatic rings. The Hall–Kier alpha value is -2.83. The Morgan fingerprint density at radius 3 is 2.70 bits per heavy atom. The van der Waals surface area contributed by atoms with E-state index in [4.69, 9.17) is 0 Å². The lowest BCUT2D eigenvalue weighted by atomic mass is 10.0. The summed E-state index contributed by atoms with van der Waals surface area (Å²) in [6, 6.07) is 5.52. The van der Waals surface area contributed by atoms with Crippen LogP contribution in [0, 0.1) is 20.8 Å². The minimum absolute atomic E-state index is 0.178. The SMILES string of the molecule is Cc1cc(C)c2nc(C)cc(C(=O)N[C@H](C)c3nn[nH]n3)c2c1. The molecule has 2 heterocycles. The second-order valence-corrected chi connectivity index (χ2v) is 5.75. The summed E-state index contributed by atoms with van der Waals surface area (Å²) >= 11 is 0. The fraction of sp³-hybridized carbons (Fsp3) is 0.312. The first kappa shape index (κ1) is 15.1. The summed E-state index contributed by atoms with van der Waals surface area (Å²) in [7, 11) is 0. The first-order valence-corrected chi connectivity index (χ1v) is 7.38. The van der Waals surface area contributed by atoms with Crippen molar-refractivity contribution in [3.63, 3.8) is 0 Å². The van der Waals surface area contributed by atoms with Crippen LogP contribution in [0.3, 0.4) is 0 Å². The van der Waals surface area contributed by atoms with E-state index in [2.05, 4.69) is 37.0 Å². The van der Waals surface area contributed by atoms with Gasteiger partial charge in [0.2, 0.25) is 0 Å². The minimum Gasteiger partial charge on any atom is -0.342 e. The zero-order valence-electron chi connectivity index (χ0n) is 13.5. The molecule has 7 nitrogen and oxygen atoms in total. The van der Waals surface area contributed by atoms with Gasteiger partial charge in [-0.25, -0.2) is 0 Å². The molecule has 1 atom stereocenters. The Morgan fingerprint density at radius 1 is 1.22 bits per heavy atom. The van der Waals surface area contributed by atoms with Crippen LogP contribution in [0.1, 0.15) is 46.0 Å². The topological polar surface area (TPSA) is 96.5 Å². The van der Waals surface area contributed by atoms with Crippen molar-refractivity contribution in [2.24, 2.45) is 0 Å². The van der Waals surface area contributed by atoms with Crippen LogP contribution in [0.4, 0.5) is 0 Å². The maximum Gasteiger partial charge on any atom is 0.252 e. The molecule has 118 valence electrons. The average Bonchev–Trinajstić information content (AvgIpc) is 3.01. The fourth-order valence-electron chi connectivity index (χ4n) is 2.69. The second kappa shape index (κ2) is 5.75. The third-order valence-electron chi connectivity index (χ3n) is 3.72. The molecule has 0 saturated carbocycles. The molecule has 0 radical (unpaired) electrons. The summed E-state index contributed by atoms with van der Waals surface area (Å²) in [6.07, 6.45) is 0. The van der Waals surface area contributed by atoms with Gasteiger partial charge in [0.05, 0.1) is 17.1 Å². The van der Waals surface area contributed by atoms with E-state index in [9.17, 15) is 4.79 Å². The molecule has 7 heteroatoms. The molecular formula is C16H18N6O. The number of H-pyrrole nitrogens is 1. The van der Waals surface area contributed by atoms with Crippen LogP contribution < -0.4 is 5.32 Å². The number of nitrogens with one attached hydrogen (secondary N) is 2. The summed E-state index contributed by atoms with van der Waals surface area (Å²) in [5.41, 5.74) is 4.43. The number of nitrogens with zero attached hydrogens (tertiary/aromatic N) is 4. The van der Waals surface area contributed by atoms with Gasteiger partial charge in [-0.1, -0.05) is 16.8 Å². The van der Waals surface area contributed by atoms with Gasteiger partial charge in [-0.3, -0.25) is 9.78 Å². The van der Waals surface area contributed by atoms with E-state index in [1.165, 1.54) is 0 Å². The third-order valence-corrected chi connectivity index (χ3v) is 3.72. The van der Waals surface area contributed by atoms with Crippen molar-refractivity contribution in [3.8, 4) is 0 Å². The highest BCUT2D eigenvalue weighted by atomic mass is 16.1. The van der Waals surface area contributed by atoms with Gasteiger partial charge in [0.1, 0.15) is 0 Å². The zero-order chi connectivity index (χ0) is 16.6. The molecule has 2 aromatic heterocycles. The highest BCUT2D eigenvalue weighted by molar-refractivity contribution is 6.07. The van der Waals surface area contributed by atoms with Gasteiger partial charge in [0.25, 0.3) is 5.91 Å². The molecule has 0 unspecified atom stereocenters. The number of tetrazole rings is 1. The van der Waals surface area contributed by atoms with Crippen LogP contribution in [0.5, 0.6) is 0 Å². The quantitative estimate of drug-likeness (QED) is 0.772. The van der Waals surface area contributed by atoms with E-state index in [0.29, 0.717) is 11.4 Å². The van der Waals surface area contributed by atoms with Crippen LogP contribution >= 0.6 is 0 Å². The molecule has 1 amide bonds. The van der Waals surface area contributed by atoms with Crippen molar-refractivity contribution in [3.05, 3.63) is 46.4 Å². The van der Waals surface area contributed by atoms with Gasteiger partial charge in [0, 0.05) is 11.1 Å². The van der Waals surface area contributed by atoms with Gasteiger partial charge in [-0.15, -0.1) is 10.2 Å². The molecule has 0 aliphatic heterocycles. The van der Waals surface area contributed by atoms with Gasteiger partial charge in [-0.05, 0) is 45.4 Å². The van der Waals surface area contributed by atoms with Crippen LogP contribution in [0.15, 0.2) is 18.2 Å². The van der Waals surface area contributed by atoms with E-state index in [-0.39, 0.29) is 11.9 Å². The first-order chi connectivity index (χ1) is 11.0. The Labute approximate surface area is 133 Å². The number of benzene rings is 1. The fourth-order valence-corrected chi connectivity index (χ4v) is 2.69. The largest absolute Gasteiger partial charge is 0.342 e. The number of aryl methyl sites for hydroxylation is 3. The summed E-state index contributed by atoms with van der Waals surface area (Å²) in [5.74, 6) is 0.267. The standard InChI is InChI=1S/C16H18N6O/c1-8-5-9(2)14-12(6-8)13(7-10(3)17-14)16(23)18-11(4)15-19-21-22-20-15/h5-7,11H,1-4H3,(H,18,23)(H,19,20,21,22)/t11-/m1/s1. The van der Waals surface area contributed by atoms with E-state index in [1.54, 1.807) is 6.07 Å². The molecule has 3 aromatic rings. The van der Waals surface area contributed by atoms with Gasteiger partial charge < -0.3 is 5.32 Å². The molecule has 0 aliphatic carbocycles. The third kappa shape index (κ3) is 2.90. The summed E-state index contributed by atoms with van der Waals surface area (Å²) in [6.45, 7) is 7.72. The zero-order valence-corrected chi connectivity index (χ0v) is 13.5. The predicted molar refractivity (Wildman–Crippen MR) is 86.0 cm³/mol. The molecule has 0 spiro atoms. The van der Waals surface area contributed by atoms with Gasteiger partial charge in [0.15, 0.2) is 5.82 Å². The lowest BCUT2D eigenvalue weighted by molar-refractivity contribution is 0.0940. The number of aromatic nitrogens is 5.